The van der Waals surface area contributed by atoms with Crippen molar-refractivity contribution in [2.75, 3.05) is 43.9 Å². The van der Waals surface area contributed by atoms with Crippen molar-refractivity contribution in [2.24, 2.45) is 0 Å². The first-order valence-corrected chi connectivity index (χ1v) is 10.0. The maximum Gasteiger partial charge on any atom is 0.134 e. The summed E-state index contributed by atoms with van der Waals surface area (Å²) in [7, 11) is 4.25. The van der Waals surface area contributed by atoms with Crippen molar-refractivity contribution in [1.82, 2.24) is 24.4 Å². The van der Waals surface area contributed by atoms with E-state index in [0.717, 1.165) is 57.1 Å². The summed E-state index contributed by atoms with van der Waals surface area (Å²) in [4.78, 5) is 18.1. The van der Waals surface area contributed by atoms with E-state index in [2.05, 4.69) is 74.8 Å². The van der Waals surface area contributed by atoms with Gasteiger partial charge in [-0.25, -0.2) is 15.0 Å². The van der Waals surface area contributed by atoms with E-state index in [9.17, 15) is 0 Å². The lowest BCUT2D eigenvalue weighted by Crippen LogP contribution is -2.34. The number of piperidine rings is 1. The number of anilines is 2. The highest BCUT2D eigenvalue weighted by molar-refractivity contribution is 5.49. The van der Waals surface area contributed by atoms with Crippen LogP contribution in [0.4, 0.5) is 11.6 Å². The van der Waals surface area contributed by atoms with Crippen LogP contribution in [0.3, 0.4) is 0 Å². The molecule has 7 nitrogen and oxygen atoms in total. The van der Waals surface area contributed by atoms with Crippen molar-refractivity contribution >= 4 is 11.6 Å². The van der Waals surface area contributed by atoms with Gasteiger partial charge in [0.1, 0.15) is 23.8 Å². The molecule has 0 aromatic carbocycles. The highest BCUT2D eigenvalue weighted by Crippen LogP contribution is 2.29. The monoisotopic (exact) mass is 371 g/mol. The van der Waals surface area contributed by atoms with Gasteiger partial charge in [0.15, 0.2) is 0 Å². The van der Waals surface area contributed by atoms with Crippen LogP contribution >= 0.6 is 0 Å². The predicted molar refractivity (Wildman–Crippen MR) is 110 cm³/mol. The van der Waals surface area contributed by atoms with Gasteiger partial charge in [0.2, 0.25) is 0 Å². The Morgan fingerprint density at radius 2 is 1.96 bits per heavy atom. The standard InChI is InChI=1S/C20H33N7/c1-16(2)24-18-14-19(23-15-22-18)26-11-6-17(7-12-26)20-21-8-13-27(20)10-5-9-25(3)4/h8,13-17H,5-7,9-12H2,1-4H3,(H,22,23,24). The Labute approximate surface area is 162 Å². The van der Waals surface area contributed by atoms with Crippen LogP contribution in [0.2, 0.25) is 0 Å². The lowest BCUT2D eigenvalue weighted by Gasteiger charge is -2.32. The van der Waals surface area contributed by atoms with Crippen LogP contribution in [-0.2, 0) is 6.54 Å². The Morgan fingerprint density at radius 3 is 2.67 bits per heavy atom. The van der Waals surface area contributed by atoms with Gasteiger partial charge < -0.3 is 19.7 Å². The van der Waals surface area contributed by atoms with Gasteiger partial charge in [-0.3, -0.25) is 0 Å². The van der Waals surface area contributed by atoms with Gasteiger partial charge in [0.05, 0.1) is 0 Å². The molecule has 1 N–H and O–H groups in total. The van der Waals surface area contributed by atoms with E-state index in [0.29, 0.717) is 12.0 Å². The fraction of sp³-hybridized carbons (Fsp3) is 0.650. The Bertz CT molecular complexity index is 702. The van der Waals surface area contributed by atoms with E-state index in [-0.39, 0.29) is 0 Å². The third kappa shape index (κ3) is 5.42. The lowest BCUT2D eigenvalue weighted by molar-refractivity contribution is 0.380. The number of hydrogen-bond acceptors (Lipinski definition) is 6. The highest BCUT2D eigenvalue weighted by Gasteiger charge is 2.24. The van der Waals surface area contributed by atoms with Gasteiger partial charge >= 0.3 is 0 Å². The molecule has 148 valence electrons. The van der Waals surface area contributed by atoms with Crippen LogP contribution in [0, 0.1) is 0 Å². The van der Waals surface area contributed by atoms with Crippen molar-refractivity contribution in [3.63, 3.8) is 0 Å². The second kappa shape index (κ2) is 9.17. The molecule has 1 fully saturated rings. The minimum absolute atomic E-state index is 0.366. The molecule has 0 bridgehead atoms. The molecule has 0 saturated carbocycles. The fourth-order valence-electron chi connectivity index (χ4n) is 3.69. The Morgan fingerprint density at radius 1 is 1.19 bits per heavy atom. The molecule has 1 aliphatic rings. The van der Waals surface area contributed by atoms with Gasteiger partial charge in [-0.2, -0.15) is 0 Å². The highest BCUT2D eigenvalue weighted by atomic mass is 15.2. The van der Waals surface area contributed by atoms with Crippen molar-refractivity contribution in [3.05, 3.63) is 30.6 Å². The average Bonchev–Trinajstić information content (AvgIpc) is 3.10. The molecule has 2 aromatic rings. The summed E-state index contributed by atoms with van der Waals surface area (Å²) >= 11 is 0. The molecule has 0 amide bonds. The summed E-state index contributed by atoms with van der Waals surface area (Å²) in [6.45, 7) is 8.41. The summed E-state index contributed by atoms with van der Waals surface area (Å²) in [5.74, 6) is 3.69. The number of nitrogens with one attached hydrogen (secondary N) is 1. The number of hydrogen-bond donors (Lipinski definition) is 1. The van der Waals surface area contributed by atoms with Gasteiger partial charge in [0.25, 0.3) is 0 Å². The van der Waals surface area contributed by atoms with E-state index >= 15 is 0 Å². The third-order valence-corrected chi connectivity index (χ3v) is 5.03. The molecule has 27 heavy (non-hydrogen) atoms. The van der Waals surface area contributed by atoms with Gasteiger partial charge in [-0.15, -0.1) is 0 Å². The normalized spacial score (nSPS) is 15.7. The molecular formula is C20H33N7. The number of rotatable bonds is 8. The first kappa shape index (κ1) is 19.6. The minimum Gasteiger partial charge on any atom is -0.368 e. The van der Waals surface area contributed by atoms with Gasteiger partial charge in [-0.1, -0.05) is 0 Å². The van der Waals surface area contributed by atoms with Gasteiger partial charge in [-0.05, 0) is 53.8 Å². The van der Waals surface area contributed by atoms with Gasteiger partial charge in [0, 0.05) is 50.1 Å². The predicted octanol–water partition coefficient (Wildman–Crippen LogP) is 2.83. The molecular weight excluding hydrogens is 338 g/mol. The quantitative estimate of drug-likeness (QED) is 0.770. The van der Waals surface area contributed by atoms with Crippen LogP contribution in [0.25, 0.3) is 0 Å². The van der Waals surface area contributed by atoms with E-state index in [1.807, 2.05) is 6.20 Å². The summed E-state index contributed by atoms with van der Waals surface area (Å²) in [6.07, 6.45) is 9.12. The second-order valence-electron chi connectivity index (χ2n) is 7.96. The molecule has 3 heterocycles. The lowest BCUT2D eigenvalue weighted by atomic mass is 9.96. The van der Waals surface area contributed by atoms with Crippen LogP contribution < -0.4 is 10.2 Å². The summed E-state index contributed by atoms with van der Waals surface area (Å²) in [5, 5.41) is 3.36. The average molecular weight is 372 g/mol. The largest absolute Gasteiger partial charge is 0.368 e. The molecule has 0 unspecified atom stereocenters. The van der Waals surface area contributed by atoms with Crippen molar-refractivity contribution in [2.45, 2.75) is 51.6 Å². The zero-order valence-electron chi connectivity index (χ0n) is 17.1. The third-order valence-electron chi connectivity index (χ3n) is 5.03. The Kier molecular flexibility index (Phi) is 6.66. The van der Waals surface area contributed by atoms with Crippen molar-refractivity contribution in [1.29, 1.82) is 0 Å². The van der Waals surface area contributed by atoms with Crippen LogP contribution in [0.1, 0.15) is 44.9 Å². The minimum atomic E-state index is 0.366. The number of nitrogens with zero attached hydrogens (tertiary/aromatic N) is 6. The Hall–Kier alpha value is -2.15. The Balaban J connectivity index is 1.57. The van der Waals surface area contributed by atoms with Crippen LogP contribution in [0.5, 0.6) is 0 Å². The van der Waals surface area contributed by atoms with Crippen molar-refractivity contribution in [3.8, 4) is 0 Å². The maximum absolute atomic E-state index is 4.68. The van der Waals surface area contributed by atoms with E-state index in [1.54, 1.807) is 6.33 Å². The molecule has 1 aliphatic heterocycles. The summed E-state index contributed by atoms with van der Waals surface area (Å²) in [6, 6.07) is 2.42. The SMILES string of the molecule is CC(C)Nc1cc(N2CCC(c3nccn3CCCN(C)C)CC2)ncn1. The van der Waals surface area contributed by atoms with E-state index < -0.39 is 0 Å². The maximum atomic E-state index is 4.68. The smallest absolute Gasteiger partial charge is 0.134 e. The summed E-state index contributed by atoms with van der Waals surface area (Å²) < 4.78 is 2.35. The first-order valence-electron chi connectivity index (χ1n) is 10.0. The molecule has 0 atom stereocenters. The van der Waals surface area contributed by atoms with Crippen LogP contribution in [0.15, 0.2) is 24.8 Å². The number of aromatic nitrogens is 4. The zero-order valence-corrected chi connectivity index (χ0v) is 17.1. The fourth-order valence-corrected chi connectivity index (χ4v) is 3.69. The van der Waals surface area contributed by atoms with Crippen LogP contribution in [-0.4, -0.2) is 64.2 Å². The van der Waals surface area contributed by atoms with E-state index in [1.165, 1.54) is 5.82 Å². The number of imidazole rings is 1. The topological polar surface area (TPSA) is 62.1 Å². The zero-order chi connectivity index (χ0) is 19.2. The van der Waals surface area contributed by atoms with Crippen molar-refractivity contribution < 1.29 is 0 Å². The molecule has 0 radical (unpaired) electrons. The molecule has 0 aliphatic carbocycles. The molecule has 0 spiro atoms. The first-order chi connectivity index (χ1) is 13.0. The molecule has 7 heteroatoms. The number of aryl methyl sites for hydroxylation is 1. The second-order valence-corrected chi connectivity index (χ2v) is 7.96. The van der Waals surface area contributed by atoms with E-state index in [4.69, 9.17) is 0 Å². The molecule has 1 saturated heterocycles. The molecule has 2 aromatic heterocycles. The molecule has 3 rings (SSSR count). The summed E-state index contributed by atoms with van der Waals surface area (Å²) in [5.41, 5.74) is 0.